The number of hydrogen-bond donors (Lipinski definition) is 4. The van der Waals surface area contributed by atoms with E-state index in [9.17, 15) is 24.9 Å². The molecule has 1 aliphatic heterocycles. The van der Waals surface area contributed by atoms with Crippen molar-refractivity contribution in [3.05, 3.63) is 0 Å². The van der Waals surface area contributed by atoms with Gasteiger partial charge >= 0.3 is 11.9 Å². The Hall–Kier alpha value is -1.30. The molecule has 10 heteroatoms. The summed E-state index contributed by atoms with van der Waals surface area (Å²) in [5, 5.41) is 38.5. The first-order valence-electron chi connectivity index (χ1n) is 8.55. The summed E-state index contributed by atoms with van der Waals surface area (Å²) in [6.45, 7) is 2.01. The van der Waals surface area contributed by atoms with Crippen LogP contribution in [-0.4, -0.2) is 89.0 Å². The van der Waals surface area contributed by atoms with Gasteiger partial charge in [-0.05, 0) is 6.42 Å². The van der Waals surface area contributed by atoms with Crippen LogP contribution in [-0.2, 0) is 28.5 Å². The fraction of sp³-hybridized carbons (Fsp3) is 0.875. The van der Waals surface area contributed by atoms with E-state index in [1.807, 2.05) is 6.92 Å². The van der Waals surface area contributed by atoms with Crippen molar-refractivity contribution < 1.29 is 49.0 Å². The molecule has 1 heterocycles. The molecule has 26 heavy (non-hydrogen) atoms. The van der Waals surface area contributed by atoms with Crippen molar-refractivity contribution in [2.24, 2.45) is 0 Å². The summed E-state index contributed by atoms with van der Waals surface area (Å²) in [6.07, 6.45) is -6.40. The molecule has 0 spiro atoms. The standard InChI is InChI=1S/C16H28O10/c1-3-4-5-12(19)25-10(7-23-9(2)18)8-24-16-15(22)14(21)13(20)11(6-17)26-16/h10-11,13-17,20-22H,3-8H2,1-2H3/t10-,11-,13+,14+,15-,16-/m1/s1. The number of aliphatic hydroxyl groups is 4. The van der Waals surface area contributed by atoms with Gasteiger partial charge in [-0.25, -0.2) is 0 Å². The number of hydrogen-bond acceptors (Lipinski definition) is 10. The second-order valence-corrected chi connectivity index (χ2v) is 6.05. The Morgan fingerprint density at radius 1 is 1.12 bits per heavy atom. The van der Waals surface area contributed by atoms with Gasteiger partial charge in [0, 0.05) is 13.3 Å². The van der Waals surface area contributed by atoms with Crippen molar-refractivity contribution in [3.8, 4) is 0 Å². The third-order valence-corrected chi connectivity index (χ3v) is 3.80. The van der Waals surface area contributed by atoms with E-state index in [0.29, 0.717) is 6.42 Å². The molecule has 10 nitrogen and oxygen atoms in total. The van der Waals surface area contributed by atoms with E-state index in [0.717, 1.165) is 6.42 Å². The van der Waals surface area contributed by atoms with E-state index in [-0.39, 0.29) is 19.6 Å². The zero-order valence-corrected chi connectivity index (χ0v) is 14.9. The molecule has 0 amide bonds. The topological polar surface area (TPSA) is 152 Å². The molecule has 0 aliphatic carbocycles. The number of carbonyl (C=O) groups is 2. The van der Waals surface area contributed by atoms with Gasteiger partial charge in [-0.1, -0.05) is 13.3 Å². The van der Waals surface area contributed by atoms with Gasteiger partial charge in [0.2, 0.25) is 0 Å². The molecule has 0 aromatic heterocycles. The van der Waals surface area contributed by atoms with E-state index >= 15 is 0 Å². The van der Waals surface area contributed by atoms with Crippen molar-refractivity contribution >= 4 is 11.9 Å². The first-order valence-corrected chi connectivity index (χ1v) is 8.55. The Morgan fingerprint density at radius 2 is 1.81 bits per heavy atom. The van der Waals surface area contributed by atoms with Gasteiger partial charge in [0.05, 0.1) is 13.2 Å². The smallest absolute Gasteiger partial charge is 0.306 e. The summed E-state index contributed by atoms with van der Waals surface area (Å²) in [4.78, 5) is 22.7. The van der Waals surface area contributed by atoms with Gasteiger partial charge < -0.3 is 39.4 Å². The molecule has 0 bridgehead atoms. The van der Waals surface area contributed by atoms with Crippen LogP contribution in [0.4, 0.5) is 0 Å². The highest BCUT2D eigenvalue weighted by Crippen LogP contribution is 2.22. The molecule has 0 saturated carbocycles. The van der Waals surface area contributed by atoms with E-state index in [1.54, 1.807) is 0 Å². The molecule has 0 aromatic rings. The maximum Gasteiger partial charge on any atom is 0.306 e. The van der Waals surface area contributed by atoms with Crippen LogP contribution in [0.5, 0.6) is 0 Å². The molecular formula is C16H28O10. The Bertz CT molecular complexity index is 441. The lowest BCUT2D eigenvalue weighted by atomic mass is 9.99. The quantitative estimate of drug-likeness (QED) is 0.328. The number of ether oxygens (including phenoxy) is 4. The molecule has 0 unspecified atom stereocenters. The van der Waals surface area contributed by atoms with Gasteiger partial charge in [-0.3, -0.25) is 9.59 Å². The Morgan fingerprint density at radius 3 is 2.38 bits per heavy atom. The van der Waals surface area contributed by atoms with Gasteiger partial charge in [-0.15, -0.1) is 0 Å². The first kappa shape index (κ1) is 22.7. The number of esters is 2. The van der Waals surface area contributed by atoms with Gasteiger partial charge in [-0.2, -0.15) is 0 Å². The Labute approximate surface area is 151 Å². The van der Waals surface area contributed by atoms with Crippen LogP contribution in [0, 0.1) is 0 Å². The van der Waals surface area contributed by atoms with E-state index in [4.69, 9.17) is 24.1 Å². The second kappa shape index (κ2) is 11.4. The molecular weight excluding hydrogens is 352 g/mol. The van der Waals surface area contributed by atoms with Crippen molar-refractivity contribution in [1.82, 2.24) is 0 Å². The number of carbonyl (C=O) groups excluding carboxylic acids is 2. The van der Waals surface area contributed by atoms with Crippen LogP contribution in [0.3, 0.4) is 0 Å². The molecule has 152 valence electrons. The van der Waals surface area contributed by atoms with Crippen molar-refractivity contribution in [1.29, 1.82) is 0 Å². The van der Waals surface area contributed by atoms with Crippen molar-refractivity contribution in [2.45, 2.75) is 69.9 Å². The zero-order valence-electron chi connectivity index (χ0n) is 14.9. The number of unbranched alkanes of at least 4 members (excludes halogenated alkanes) is 1. The summed E-state index contributed by atoms with van der Waals surface area (Å²) in [5.41, 5.74) is 0. The molecule has 1 saturated heterocycles. The fourth-order valence-electron chi connectivity index (χ4n) is 2.30. The van der Waals surface area contributed by atoms with Crippen molar-refractivity contribution in [3.63, 3.8) is 0 Å². The zero-order chi connectivity index (χ0) is 19.7. The monoisotopic (exact) mass is 380 g/mol. The SMILES string of the molecule is CCCCC(=O)O[C@H](COC(C)=O)CO[C@@H]1O[C@H](CO)[C@H](O)[C@H](O)[C@H]1O. The van der Waals surface area contributed by atoms with Gasteiger partial charge in [0.25, 0.3) is 0 Å². The average molecular weight is 380 g/mol. The third kappa shape index (κ3) is 7.14. The molecule has 1 rings (SSSR count). The van der Waals surface area contributed by atoms with Crippen LogP contribution in [0.25, 0.3) is 0 Å². The summed E-state index contributed by atoms with van der Waals surface area (Å²) < 4.78 is 20.5. The predicted molar refractivity (Wildman–Crippen MR) is 85.8 cm³/mol. The minimum absolute atomic E-state index is 0.202. The van der Waals surface area contributed by atoms with Gasteiger partial charge in [0.1, 0.15) is 31.0 Å². The molecule has 1 fully saturated rings. The van der Waals surface area contributed by atoms with E-state index in [1.165, 1.54) is 6.92 Å². The largest absolute Gasteiger partial charge is 0.462 e. The predicted octanol–water partition coefficient (Wildman–Crippen LogP) is -1.53. The lowest BCUT2D eigenvalue weighted by molar-refractivity contribution is -0.305. The summed E-state index contributed by atoms with van der Waals surface area (Å²) in [7, 11) is 0. The maximum atomic E-state index is 11.8. The highest BCUT2D eigenvalue weighted by molar-refractivity contribution is 5.69. The second-order valence-electron chi connectivity index (χ2n) is 6.05. The normalized spacial score (nSPS) is 29.8. The van der Waals surface area contributed by atoms with Gasteiger partial charge in [0.15, 0.2) is 12.4 Å². The summed E-state index contributed by atoms with van der Waals surface area (Å²) in [6, 6.07) is 0. The first-order chi connectivity index (χ1) is 12.3. The summed E-state index contributed by atoms with van der Waals surface area (Å²) in [5.74, 6) is -1.05. The molecule has 4 N–H and O–H groups in total. The Balaban J connectivity index is 2.62. The Kier molecular flexibility index (Phi) is 9.99. The van der Waals surface area contributed by atoms with Crippen LogP contribution in [0.15, 0.2) is 0 Å². The van der Waals surface area contributed by atoms with Crippen molar-refractivity contribution in [2.75, 3.05) is 19.8 Å². The lowest BCUT2D eigenvalue weighted by Crippen LogP contribution is -2.59. The molecule has 1 aliphatic rings. The van der Waals surface area contributed by atoms with Crippen LogP contribution >= 0.6 is 0 Å². The minimum atomic E-state index is -1.58. The molecule has 0 aromatic carbocycles. The van der Waals surface area contributed by atoms with Crippen LogP contribution in [0.2, 0.25) is 0 Å². The highest BCUT2D eigenvalue weighted by atomic mass is 16.7. The number of rotatable bonds is 10. The lowest BCUT2D eigenvalue weighted by Gasteiger charge is -2.39. The average Bonchev–Trinajstić information content (AvgIpc) is 2.61. The maximum absolute atomic E-state index is 11.8. The highest BCUT2D eigenvalue weighted by Gasteiger charge is 2.44. The fourth-order valence-corrected chi connectivity index (χ4v) is 2.30. The molecule has 6 atom stereocenters. The van der Waals surface area contributed by atoms with E-state index < -0.39 is 55.4 Å². The van der Waals surface area contributed by atoms with E-state index in [2.05, 4.69) is 0 Å². The van der Waals surface area contributed by atoms with Crippen LogP contribution in [0.1, 0.15) is 33.1 Å². The summed E-state index contributed by atoms with van der Waals surface area (Å²) >= 11 is 0. The molecule has 0 radical (unpaired) electrons. The van der Waals surface area contributed by atoms with Crippen LogP contribution < -0.4 is 0 Å². The number of aliphatic hydroxyl groups excluding tert-OH is 4. The minimum Gasteiger partial charge on any atom is -0.462 e. The third-order valence-electron chi connectivity index (χ3n) is 3.80.